The van der Waals surface area contributed by atoms with E-state index >= 15 is 0 Å². The minimum Gasteiger partial charge on any atom is -0.370 e. The fourth-order valence-corrected chi connectivity index (χ4v) is 3.69. The molecule has 0 bridgehead atoms. The van der Waals surface area contributed by atoms with Crippen molar-refractivity contribution >= 4 is 46.4 Å². The van der Waals surface area contributed by atoms with Crippen LogP contribution in [0.25, 0.3) is 0 Å². The first-order valence-electron chi connectivity index (χ1n) is 8.44. The van der Waals surface area contributed by atoms with Crippen LogP contribution in [0.1, 0.15) is 27.7 Å². The van der Waals surface area contributed by atoms with Crippen LogP contribution in [0.4, 0.5) is 5.13 Å². The van der Waals surface area contributed by atoms with Crippen molar-refractivity contribution in [2.75, 3.05) is 44.2 Å². The van der Waals surface area contributed by atoms with Crippen molar-refractivity contribution < 1.29 is 0 Å². The van der Waals surface area contributed by atoms with Gasteiger partial charge in [0.1, 0.15) is 0 Å². The number of aliphatic imine (C=N–C) groups is 1. The zero-order chi connectivity index (χ0) is 16.8. The summed E-state index contributed by atoms with van der Waals surface area (Å²) in [5.41, 5.74) is 6.18. The Morgan fingerprint density at radius 2 is 1.88 bits per heavy atom. The molecule has 0 saturated carbocycles. The number of nitrogens with two attached hydrogens (primary N) is 1. The second kappa shape index (κ2) is 10.4. The van der Waals surface area contributed by atoms with Crippen LogP contribution in [0.2, 0.25) is 0 Å². The number of thiazole rings is 1. The van der Waals surface area contributed by atoms with E-state index in [0.717, 1.165) is 44.4 Å². The van der Waals surface area contributed by atoms with Gasteiger partial charge in [-0.3, -0.25) is 9.89 Å². The SMILES string of the molecule is CC(C)N(CCN=C(N)N1CCN(c2nccs2)CC1)C(C)C.I. The van der Waals surface area contributed by atoms with E-state index in [2.05, 4.69) is 52.4 Å². The lowest BCUT2D eigenvalue weighted by Gasteiger charge is -2.35. The van der Waals surface area contributed by atoms with Crippen LogP contribution in [-0.4, -0.2) is 72.1 Å². The van der Waals surface area contributed by atoms with E-state index in [1.165, 1.54) is 0 Å². The monoisotopic (exact) mass is 466 g/mol. The van der Waals surface area contributed by atoms with Gasteiger partial charge in [-0.15, -0.1) is 35.3 Å². The molecule has 0 atom stereocenters. The Kier molecular flexibility index (Phi) is 9.28. The van der Waals surface area contributed by atoms with Crippen molar-refractivity contribution in [1.29, 1.82) is 0 Å². The number of anilines is 1. The summed E-state index contributed by atoms with van der Waals surface area (Å²) in [5, 5.41) is 3.12. The van der Waals surface area contributed by atoms with Crippen LogP contribution in [0.5, 0.6) is 0 Å². The Morgan fingerprint density at radius 1 is 1.25 bits per heavy atom. The van der Waals surface area contributed by atoms with Crippen LogP contribution in [0, 0.1) is 0 Å². The molecule has 24 heavy (non-hydrogen) atoms. The number of piperazine rings is 1. The van der Waals surface area contributed by atoms with Crippen molar-refractivity contribution in [3.8, 4) is 0 Å². The molecule has 1 aliphatic heterocycles. The van der Waals surface area contributed by atoms with Crippen LogP contribution in [0.15, 0.2) is 16.6 Å². The first-order chi connectivity index (χ1) is 11.0. The number of guanidine groups is 1. The number of hydrogen-bond acceptors (Lipinski definition) is 5. The lowest BCUT2D eigenvalue weighted by molar-refractivity contribution is 0.180. The molecule has 1 aromatic rings. The lowest BCUT2D eigenvalue weighted by atomic mass is 10.2. The molecule has 6 nitrogen and oxygen atoms in total. The van der Waals surface area contributed by atoms with Gasteiger partial charge in [-0.25, -0.2) is 4.98 Å². The zero-order valence-electron chi connectivity index (χ0n) is 15.2. The van der Waals surface area contributed by atoms with Crippen LogP contribution in [0.3, 0.4) is 0 Å². The highest BCUT2D eigenvalue weighted by Crippen LogP contribution is 2.18. The summed E-state index contributed by atoms with van der Waals surface area (Å²) >= 11 is 1.69. The number of rotatable bonds is 6. The maximum Gasteiger partial charge on any atom is 0.191 e. The molecule has 0 unspecified atom stereocenters. The molecular weight excluding hydrogens is 435 g/mol. The smallest absolute Gasteiger partial charge is 0.191 e. The summed E-state index contributed by atoms with van der Waals surface area (Å²) < 4.78 is 0. The van der Waals surface area contributed by atoms with Crippen LogP contribution >= 0.6 is 35.3 Å². The van der Waals surface area contributed by atoms with E-state index in [9.17, 15) is 0 Å². The van der Waals surface area contributed by atoms with Crippen LogP contribution in [-0.2, 0) is 0 Å². The molecule has 1 aromatic heterocycles. The van der Waals surface area contributed by atoms with Gasteiger partial charge in [0.15, 0.2) is 11.1 Å². The molecule has 2 N–H and O–H groups in total. The molecular formula is C16H31IN6S. The van der Waals surface area contributed by atoms with Gasteiger partial charge in [0.25, 0.3) is 0 Å². The maximum absolute atomic E-state index is 6.18. The first-order valence-corrected chi connectivity index (χ1v) is 9.32. The van der Waals surface area contributed by atoms with Gasteiger partial charge >= 0.3 is 0 Å². The van der Waals surface area contributed by atoms with E-state index in [0.29, 0.717) is 18.0 Å². The Labute approximate surface area is 167 Å². The van der Waals surface area contributed by atoms with E-state index in [1.807, 2.05) is 11.6 Å². The molecule has 1 aliphatic rings. The van der Waals surface area contributed by atoms with Gasteiger partial charge in [-0.1, -0.05) is 0 Å². The topological polar surface area (TPSA) is 61.0 Å². The summed E-state index contributed by atoms with van der Waals surface area (Å²) in [6.45, 7) is 14.3. The maximum atomic E-state index is 6.18. The molecule has 0 aliphatic carbocycles. The second-order valence-corrected chi connectivity index (χ2v) is 7.33. The molecule has 2 heterocycles. The molecule has 0 spiro atoms. The first kappa shape index (κ1) is 21.4. The van der Waals surface area contributed by atoms with Gasteiger partial charge in [0, 0.05) is 56.4 Å². The minimum absolute atomic E-state index is 0. The fraction of sp³-hybridized carbons (Fsp3) is 0.750. The largest absolute Gasteiger partial charge is 0.370 e. The third-order valence-electron chi connectivity index (χ3n) is 4.25. The fourth-order valence-electron chi connectivity index (χ4n) is 2.99. The highest BCUT2D eigenvalue weighted by molar-refractivity contribution is 14.0. The summed E-state index contributed by atoms with van der Waals surface area (Å²) in [4.78, 5) is 15.9. The quantitative estimate of drug-likeness (QED) is 0.396. The molecule has 2 rings (SSSR count). The third-order valence-corrected chi connectivity index (χ3v) is 5.08. The highest BCUT2D eigenvalue weighted by Gasteiger charge is 2.20. The Morgan fingerprint density at radius 3 is 2.38 bits per heavy atom. The zero-order valence-corrected chi connectivity index (χ0v) is 18.3. The van der Waals surface area contributed by atoms with E-state index in [-0.39, 0.29) is 24.0 Å². The van der Waals surface area contributed by atoms with E-state index < -0.39 is 0 Å². The third kappa shape index (κ3) is 6.03. The van der Waals surface area contributed by atoms with Crippen molar-refractivity contribution in [2.45, 2.75) is 39.8 Å². The van der Waals surface area contributed by atoms with Crippen LogP contribution < -0.4 is 10.6 Å². The van der Waals surface area contributed by atoms with E-state index in [4.69, 9.17) is 5.73 Å². The molecule has 1 saturated heterocycles. The Bertz CT molecular complexity index is 475. The molecule has 1 fully saturated rings. The predicted molar refractivity (Wildman–Crippen MR) is 115 cm³/mol. The van der Waals surface area contributed by atoms with Gasteiger partial charge in [-0.05, 0) is 27.7 Å². The normalized spacial score (nSPS) is 16.2. The average molecular weight is 466 g/mol. The van der Waals surface area contributed by atoms with Crippen molar-refractivity contribution in [3.63, 3.8) is 0 Å². The molecule has 138 valence electrons. The van der Waals surface area contributed by atoms with Crippen molar-refractivity contribution in [3.05, 3.63) is 11.6 Å². The minimum atomic E-state index is 0. The number of nitrogens with zero attached hydrogens (tertiary/aromatic N) is 5. The average Bonchev–Trinajstić information content (AvgIpc) is 3.05. The summed E-state index contributed by atoms with van der Waals surface area (Å²) in [6.07, 6.45) is 1.86. The summed E-state index contributed by atoms with van der Waals surface area (Å²) in [7, 11) is 0. The highest BCUT2D eigenvalue weighted by atomic mass is 127. The molecule has 0 radical (unpaired) electrons. The van der Waals surface area contributed by atoms with Gasteiger partial charge in [-0.2, -0.15) is 0 Å². The Hall–Kier alpha value is -0.610. The molecule has 0 amide bonds. The Balaban J connectivity index is 0.00000288. The number of hydrogen-bond donors (Lipinski definition) is 1. The van der Waals surface area contributed by atoms with Gasteiger partial charge in [0.2, 0.25) is 0 Å². The number of halogens is 1. The second-order valence-electron chi connectivity index (χ2n) is 6.45. The standard InChI is InChI=1S/C16H30N6S.HI/c1-13(2)22(14(3)4)7-5-18-15(17)20-8-10-21(11-9-20)16-19-6-12-23-16;/h6,12-14H,5,7-11H2,1-4H3,(H2,17,18);1H. The van der Waals surface area contributed by atoms with Crippen molar-refractivity contribution in [2.24, 2.45) is 10.7 Å². The van der Waals surface area contributed by atoms with Crippen molar-refractivity contribution in [1.82, 2.24) is 14.8 Å². The molecule has 8 heteroatoms. The van der Waals surface area contributed by atoms with E-state index in [1.54, 1.807) is 11.3 Å². The summed E-state index contributed by atoms with van der Waals surface area (Å²) in [5.74, 6) is 0.677. The van der Waals surface area contributed by atoms with Gasteiger partial charge in [0.05, 0.1) is 6.54 Å². The number of aromatic nitrogens is 1. The molecule has 0 aromatic carbocycles. The summed E-state index contributed by atoms with van der Waals surface area (Å²) in [6, 6.07) is 1.07. The lowest BCUT2D eigenvalue weighted by Crippen LogP contribution is -2.51. The predicted octanol–water partition coefficient (Wildman–Crippen LogP) is 2.32. The van der Waals surface area contributed by atoms with Gasteiger partial charge < -0.3 is 15.5 Å².